The minimum Gasteiger partial charge on any atom is -0.377 e. The number of anilines is 3. The summed E-state index contributed by atoms with van der Waals surface area (Å²) in [7, 11) is 0. The molecule has 4 N–H and O–H groups in total. The Morgan fingerprint density at radius 3 is 2.21 bits per heavy atom. The summed E-state index contributed by atoms with van der Waals surface area (Å²) in [5, 5.41) is 12.8. The van der Waals surface area contributed by atoms with Gasteiger partial charge < -0.3 is 30.7 Å². The maximum Gasteiger partial charge on any atom is 0.251 e. The van der Waals surface area contributed by atoms with Crippen molar-refractivity contribution in [1.29, 1.82) is 0 Å². The van der Waals surface area contributed by atoms with Crippen LogP contribution in [0.2, 0.25) is 0 Å². The smallest absolute Gasteiger partial charge is 0.251 e. The maximum atomic E-state index is 12.0. The Morgan fingerprint density at radius 2 is 1.46 bits per heavy atom. The van der Waals surface area contributed by atoms with Gasteiger partial charge in [-0.05, 0) is 37.1 Å². The van der Waals surface area contributed by atoms with E-state index >= 15 is 0 Å². The molecule has 2 aromatic heterocycles. The second kappa shape index (κ2) is 16.2. The van der Waals surface area contributed by atoms with Crippen molar-refractivity contribution in [3.8, 4) is 0 Å². The Balaban J connectivity index is 1.15. The van der Waals surface area contributed by atoms with E-state index < -0.39 is 0 Å². The number of nitrogens with one attached hydrogen (secondary N) is 4. The van der Waals surface area contributed by atoms with Gasteiger partial charge in [0.15, 0.2) is 0 Å². The van der Waals surface area contributed by atoms with Gasteiger partial charge in [-0.15, -0.1) is 0 Å². The van der Waals surface area contributed by atoms with E-state index in [1.165, 1.54) is 19.3 Å². The third kappa shape index (κ3) is 10.5. The van der Waals surface area contributed by atoms with Crippen molar-refractivity contribution >= 4 is 23.8 Å². The quantitative estimate of drug-likeness (QED) is 0.202. The lowest BCUT2D eigenvalue weighted by Gasteiger charge is -2.23. The third-order valence-corrected chi connectivity index (χ3v) is 6.20. The van der Waals surface area contributed by atoms with Gasteiger partial charge in [-0.3, -0.25) is 9.78 Å². The van der Waals surface area contributed by atoms with E-state index in [2.05, 4.69) is 41.2 Å². The summed E-state index contributed by atoms with van der Waals surface area (Å²) < 4.78 is 11.2. The third-order valence-electron chi connectivity index (χ3n) is 6.20. The minimum atomic E-state index is -0.105. The molecule has 1 saturated carbocycles. The number of aromatic nitrogens is 4. The standard InChI is InChI=1S/C28H38N8O3/c37-25(22-9-3-1-4-10-22)30-15-17-38-19-20-39-18-16-31-26-34-27(32-21-24-13-7-8-14-29-24)36-28(35-26)33-23-11-5-2-6-12-23/h1,3-4,7-10,13-14,23H,2,5-6,11-12,15-21H2,(H,30,37)(H3,31,32,33,34,35,36). The molecule has 0 bridgehead atoms. The first-order valence-electron chi connectivity index (χ1n) is 13.7. The zero-order valence-electron chi connectivity index (χ0n) is 22.3. The Kier molecular flexibility index (Phi) is 11.7. The van der Waals surface area contributed by atoms with Gasteiger partial charge in [0, 0.05) is 30.9 Å². The average Bonchev–Trinajstić information content (AvgIpc) is 2.98. The van der Waals surface area contributed by atoms with Crippen LogP contribution in [0.1, 0.15) is 48.2 Å². The van der Waals surface area contributed by atoms with Gasteiger partial charge in [0.1, 0.15) is 0 Å². The van der Waals surface area contributed by atoms with Crippen LogP contribution in [-0.4, -0.2) is 71.4 Å². The molecule has 1 fully saturated rings. The first kappa shape index (κ1) is 28.2. The number of pyridine rings is 1. The highest BCUT2D eigenvalue weighted by Gasteiger charge is 2.15. The maximum absolute atomic E-state index is 12.0. The Hall–Kier alpha value is -3.83. The molecule has 1 amide bonds. The van der Waals surface area contributed by atoms with Crippen LogP contribution in [0.4, 0.5) is 17.8 Å². The molecule has 0 radical (unpaired) electrons. The fourth-order valence-electron chi connectivity index (χ4n) is 4.19. The number of hydrogen-bond acceptors (Lipinski definition) is 10. The van der Waals surface area contributed by atoms with Crippen LogP contribution in [-0.2, 0) is 16.0 Å². The molecule has 0 spiro atoms. The van der Waals surface area contributed by atoms with Gasteiger partial charge in [0.25, 0.3) is 5.91 Å². The molecule has 0 unspecified atom stereocenters. The zero-order chi connectivity index (χ0) is 27.0. The van der Waals surface area contributed by atoms with Crippen LogP contribution in [0.25, 0.3) is 0 Å². The van der Waals surface area contributed by atoms with Crippen LogP contribution in [0.5, 0.6) is 0 Å². The topological polar surface area (TPSA) is 135 Å². The van der Waals surface area contributed by atoms with E-state index in [1.807, 2.05) is 36.4 Å². The number of rotatable bonds is 16. The molecule has 0 aliphatic heterocycles. The van der Waals surface area contributed by atoms with Crippen molar-refractivity contribution in [1.82, 2.24) is 25.3 Å². The molecule has 11 nitrogen and oxygen atoms in total. The number of benzene rings is 1. The SMILES string of the molecule is O=C(NCCOCCOCCNc1nc(NCc2ccccn2)nc(NC2CCCCC2)n1)c1ccccc1. The van der Waals surface area contributed by atoms with Crippen molar-refractivity contribution < 1.29 is 14.3 Å². The number of ether oxygens (including phenoxy) is 2. The van der Waals surface area contributed by atoms with Gasteiger partial charge in [-0.2, -0.15) is 15.0 Å². The predicted octanol–water partition coefficient (Wildman–Crippen LogP) is 3.50. The zero-order valence-corrected chi connectivity index (χ0v) is 22.3. The number of carbonyl (C=O) groups is 1. The summed E-state index contributed by atoms with van der Waals surface area (Å²) in [5.41, 5.74) is 1.54. The molecular formula is C28H38N8O3. The van der Waals surface area contributed by atoms with E-state index in [0.29, 0.717) is 75.5 Å². The molecule has 0 saturated heterocycles. The monoisotopic (exact) mass is 534 g/mol. The molecule has 4 rings (SSSR count). The molecule has 2 heterocycles. The van der Waals surface area contributed by atoms with E-state index in [-0.39, 0.29) is 5.91 Å². The van der Waals surface area contributed by atoms with Crippen molar-refractivity contribution in [2.75, 3.05) is 55.5 Å². The highest BCUT2D eigenvalue weighted by Crippen LogP contribution is 2.21. The van der Waals surface area contributed by atoms with Gasteiger partial charge in [-0.1, -0.05) is 43.5 Å². The number of amides is 1. The number of hydrogen-bond donors (Lipinski definition) is 4. The lowest BCUT2D eigenvalue weighted by atomic mass is 9.96. The molecule has 0 atom stereocenters. The number of nitrogens with zero attached hydrogens (tertiary/aromatic N) is 4. The second-order valence-corrected chi connectivity index (χ2v) is 9.23. The summed E-state index contributed by atoms with van der Waals surface area (Å²) in [5.74, 6) is 1.44. The normalized spacial score (nSPS) is 13.5. The highest BCUT2D eigenvalue weighted by molar-refractivity contribution is 5.94. The second-order valence-electron chi connectivity index (χ2n) is 9.23. The van der Waals surface area contributed by atoms with E-state index in [9.17, 15) is 4.79 Å². The lowest BCUT2D eigenvalue weighted by molar-refractivity contribution is 0.0519. The van der Waals surface area contributed by atoms with Crippen LogP contribution in [0, 0.1) is 0 Å². The average molecular weight is 535 g/mol. The van der Waals surface area contributed by atoms with Crippen LogP contribution in [0.15, 0.2) is 54.7 Å². The van der Waals surface area contributed by atoms with Gasteiger partial charge in [-0.25, -0.2) is 0 Å². The first-order chi connectivity index (χ1) is 19.3. The first-order valence-corrected chi connectivity index (χ1v) is 13.7. The van der Waals surface area contributed by atoms with Crippen molar-refractivity contribution in [2.45, 2.75) is 44.7 Å². The Labute approximate surface area is 229 Å². The molecule has 3 aromatic rings. The van der Waals surface area contributed by atoms with Crippen molar-refractivity contribution in [3.63, 3.8) is 0 Å². The summed E-state index contributed by atoms with van der Waals surface area (Å²) in [6.45, 7) is 3.31. The lowest BCUT2D eigenvalue weighted by Crippen LogP contribution is -2.27. The summed E-state index contributed by atoms with van der Waals surface area (Å²) in [4.78, 5) is 30.0. The fraction of sp³-hybridized carbons (Fsp3) is 0.464. The summed E-state index contributed by atoms with van der Waals surface area (Å²) in [6.07, 6.45) is 7.75. The summed E-state index contributed by atoms with van der Waals surface area (Å²) >= 11 is 0. The van der Waals surface area contributed by atoms with Crippen LogP contribution in [0.3, 0.4) is 0 Å². The molecular weight excluding hydrogens is 496 g/mol. The fourth-order valence-corrected chi connectivity index (χ4v) is 4.19. The van der Waals surface area contributed by atoms with E-state index in [4.69, 9.17) is 9.47 Å². The van der Waals surface area contributed by atoms with Crippen LogP contribution < -0.4 is 21.3 Å². The van der Waals surface area contributed by atoms with Crippen molar-refractivity contribution in [2.24, 2.45) is 0 Å². The molecule has 1 aliphatic carbocycles. The highest BCUT2D eigenvalue weighted by atomic mass is 16.5. The molecule has 1 aliphatic rings. The van der Waals surface area contributed by atoms with Crippen molar-refractivity contribution in [3.05, 3.63) is 66.0 Å². The predicted molar refractivity (Wildman–Crippen MR) is 151 cm³/mol. The van der Waals surface area contributed by atoms with Gasteiger partial charge in [0.05, 0.1) is 38.7 Å². The summed E-state index contributed by atoms with van der Waals surface area (Å²) in [6, 6.07) is 15.3. The molecule has 1 aromatic carbocycles. The molecule has 11 heteroatoms. The molecule has 39 heavy (non-hydrogen) atoms. The van der Waals surface area contributed by atoms with Gasteiger partial charge >= 0.3 is 0 Å². The number of carbonyl (C=O) groups excluding carboxylic acids is 1. The van der Waals surface area contributed by atoms with Gasteiger partial charge in [0.2, 0.25) is 17.8 Å². The van der Waals surface area contributed by atoms with E-state index in [1.54, 1.807) is 18.3 Å². The largest absolute Gasteiger partial charge is 0.377 e. The van der Waals surface area contributed by atoms with E-state index in [0.717, 1.165) is 18.5 Å². The van der Waals surface area contributed by atoms with Crippen LogP contribution >= 0.6 is 0 Å². The minimum absolute atomic E-state index is 0.105. The Morgan fingerprint density at radius 1 is 0.769 bits per heavy atom. The Bertz CT molecular complexity index is 1110. The molecule has 208 valence electrons.